The molecule has 1 aromatic rings. The van der Waals surface area contributed by atoms with Crippen molar-refractivity contribution in [3.63, 3.8) is 0 Å². The molecule has 0 heterocycles. The zero-order chi connectivity index (χ0) is 15.8. The zero-order valence-electron chi connectivity index (χ0n) is 13.5. The van der Waals surface area contributed by atoms with Crippen molar-refractivity contribution >= 4 is 5.91 Å². The Kier molecular flexibility index (Phi) is 6.72. The van der Waals surface area contributed by atoms with Gasteiger partial charge in [-0.25, -0.2) is 0 Å². The van der Waals surface area contributed by atoms with Crippen LogP contribution >= 0.6 is 0 Å². The maximum Gasteiger partial charge on any atom is 0.220 e. The molecule has 22 heavy (non-hydrogen) atoms. The monoisotopic (exact) mass is 304 g/mol. The molecular formula is C18H28N2O2. The lowest BCUT2D eigenvalue weighted by atomic mass is 10.0. The summed E-state index contributed by atoms with van der Waals surface area (Å²) >= 11 is 0. The topological polar surface area (TPSA) is 64.3 Å². The summed E-state index contributed by atoms with van der Waals surface area (Å²) in [6, 6.07) is 8.31. The molecule has 0 radical (unpaired) electrons. The molecule has 4 nitrogen and oxygen atoms in total. The Hall–Kier alpha value is -1.55. The second-order valence-electron chi connectivity index (χ2n) is 6.09. The standard InChI is InChI=1S/C18H28N2O2/c1-2-12-22-16-9-6-14(7-10-16)8-11-18(21)20-17-5-3-4-15(17)13-19/h6-7,9-10,15,17H,2-5,8,11-13,19H2,1H3,(H,20,21). The van der Waals surface area contributed by atoms with E-state index in [0.29, 0.717) is 18.9 Å². The first kappa shape index (κ1) is 16.8. The first-order chi connectivity index (χ1) is 10.7. The molecule has 0 spiro atoms. The number of ether oxygens (including phenoxy) is 1. The average molecular weight is 304 g/mol. The maximum absolute atomic E-state index is 12.1. The Labute approximate surface area is 133 Å². The van der Waals surface area contributed by atoms with Crippen LogP contribution in [-0.4, -0.2) is 25.1 Å². The number of hydrogen-bond donors (Lipinski definition) is 2. The van der Waals surface area contributed by atoms with E-state index < -0.39 is 0 Å². The van der Waals surface area contributed by atoms with Gasteiger partial charge in [0.15, 0.2) is 0 Å². The zero-order valence-corrected chi connectivity index (χ0v) is 13.5. The number of aryl methyl sites for hydroxylation is 1. The molecule has 0 aliphatic heterocycles. The van der Waals surface area contributed by atoms with E-state index in [2.05, 4.69) is 12.2 Å². The van der Waals surface area contributed by atoms with Crippen molar-refractivity contribution in [3.8, 4) is 5.75 Å². The summed E-state index contributed by atoms with van der Waals surface area (Å²) in [6.45, 7) is 3.50. The number of benzene rings is 1. The summed E-state index contributed by atoms with van der Waals surface area (Å²) in [6.07, 6.45) is 5.68. The minimum Gasteiger partial charge on any atom is -0.494 e. The van der Waals surface area contributed by atoms with Crippen LogP contribution in [0, 0.1) is 5.92 Å². The van der Waals surface area contributed by atoms with Gasteiger partial charge < -0.3 is 15.8 Å². The third-order valence-electron chi connectivity index (χ3n) is 4.35. The highest BCUT2D eigenvalue weighted by Crippen LogP contribution is 2.24. The van der Waals surface area contributed by atoms with Crippen molar-refractivity contribution < 1.29 is 9.53 Å². The minimum absolute atomic E-state index is 0.136. The number of nitrogens with two attached hydrogens (primary N) is 1. The summed E-state index contributed by atoms with van der Waals surface area (Å²) in [7, 11) is 0. The largest absolute Gasteiger partial charge is 0.494 e. The summed E-state index contributed by atoms with van der Waals surface area (Å²) < 4.78 is 5.56. The number of carbonyl (C=O) groups is 1. The predicted octanol–water partition coefficient (Wildman–Crippen LogP) is 2.65. The molecule has 1 fully saturated rings. The lowest BCUT2D eigenvalue weighted by Crippen LogP contribution is -2.39. The Balaban J connectivity index is 1.73. The highest BCUT2D eigenvalue weighted by atomic mass is 16.5. The molecule has 0 saturated heterocycles. The van der Waals surface area contributed by atoms with Crippen LogP contribution in [0.4, 0.5) is 0 Å². The fourth-order valence-electron chi connectivity index (χ4n) is 3.02. The van der Waals surface area contributed by atoms with Crippen molar-refractivity contribution in [3.05, 3.63) is 29.8 Å². The van der Waals surface area contributed by atoms with Crippen molar-refractivity contribution in [2.45, 2.75) is 51.5 Å². The van der Waals surface area contributed by atoms with Crippen molar-refractivity contribution in [1.82, 2.24) is 5.32 Å². The van der Waals surface area contributed by atoms with Crippen LogP contribution in [0.1, 0.15) is 44.6 Å². The van der Waals surface area contributed by atoms with Crippen LogP contribution < -0.4 is 15.8 Å². The van der Waals surface area contributed by atoms with Crippen LogP contribution in [0.5, 0.6) is 5.75 Å². The fraction of sp³-hybridized carbons (Fsp3) is 0.611. The van der Waals surface area contributed by atoms with E-state index in [-0.39, 0.29) is 11.9 Å². The molecule has 2 atom stereocenters. The van der Waals surface area contributed by atoms with Crippen LogP contribution in [0.15, 0.2) is 24.3 Å². The van der Waals surface area contributed by atoms with Gasteiger partial charge in [0.2, 0.25) is 5.91 Å². The van der Waals surface area contributed by atoms with E-state index in [1.165, 1.54) is 12.0 Å². The van der Waals surface area contributed by atoms with Gasteiger partial charge in [0, 0.05) is 12.5 Å². The second-order valence-corrected chi connectivity index (χ2v) is 6.09. The summed E-state index contributed by atoms with van der Waals surface area (Å²) in [4.78, 5) is 12.1. The van der Waals surface area contributed by atoms with Crippen LogP contribution in [0.25, 0.3) is 0 Å². The average Bonchev–Trinajstić information content (AvgIpc) is 2.99. The van der Waals surface area contributed by atoms with Crippen molar-refractivity contribution in [2.24, 2.45) is 11.7 Å². The van der Waals surface area contributed by atoms with Gasteiger partial charge in [0.05, 0.1) is 6.61 Å². The van der Waals surface area contributed by atoms with Gasteiger partial charge >= 0.3 is 0 Å². The lowest BCUT2D eigenvalue weighted by molar-refractivity contribution is -0.122. The molecule has 2 unspecified atom stereocenters. The highest BCUT2D eigenvalue weighted by Gasteiger charge is 2.26. The molecule has 1 amide bonds. The van der Waals surface area contributed by atoms with Gasteiger partial charge in [0.25, 0.3) is 0 Å². The number of carbonyl (C=O) groups excluding carboxylic acids is 1. The third-order valence-corrected chi connectivity index (χ3v) is 4.35. The molecule has 2 rings (SSSR count). The number of nitrogens with one attached hydrogen (secondary N) is 1. The molecule has 0 aromatic heterocycles. The molecule has 1 aliphatic rings. The molecule has 0 bridgehead atoms. The van der Waals surface area contributed by atoms with E-state index in [1.807, 2.05) is 24.3 Å². The predicted molar refractivity (Wildman–Crippen MR) is 88.9 cm³/mol. The van der Waals surface area contributed by atoms with Gasteiger partial charge in [-0.15, -0.1) is 0 Å². The Bertz CT molecular complexity index is 459. The van der Waals surface area contributed by atoms with Crippen molar-refractivity contribution in [2.75, 3.05) is 13.2 Å². The van der Waals surface area contributed by atoms with Crippen LogP contribution in [0.3, 0.4) is 0 Å². The van der Waals surface area contributed by atoms with E-state index in [0.717, 1.165) is 38.0 Å². The first-order valence-electron chi connectivity index (χ1n) is 8.44. The molecule has 1 saturated carbocycles. The van der Waals surface area contributed by atoms with Gasteiger partial charge in [-0.2, -0.15) is 0 Å². The van der Waals surface area contributed by atoms with Gasteiger partial charge in [-0.1, -0.05) is 25.5 Å². The van der Waals surface area contributed by atoms with Crippen molar-refractivity contribution in [1.29, 1.82) is 0 Å². The highest BCUT2D eigenvalue weighted by molar-refractivity contribution is 5.76. The second kappa shape index (κ2) is 8.79. The fourth-order valence-corrected chi connectivity index (χ4v) is 3.02. The summed E-state index contributed by atoms with van der Waals surface area (Å²) in [5.74, 6) is 1.49. The Morgan fingerprint density at radius 1 is 1.32 bits per heavy atom. The number of amides is 1. The SMILES string of the molecule is CCCOc1ccc(CCC(=O)NC2CCCC2CN)cc1. The van der Waals surface area contributed by atoms with Gasteiger partial charge in [-0.3, -0.25) is 4.79 Å². The normalized spacial score (nSPS) is 20.8. The molecule has 1 aliphatic carbocycles. The van der Waals surface area contributed by atoms with E-state index in [4.69, 9.17) is 10.5 Å². The Morgan fingerprint density at radius 2 is 2.09 bits per heavy atom. The molecule has 122 valence electrons. The van der Waals surface area contributed by atoms with E-state index >= 15 is 0 Å². The van der Waals surface area contributed by atoms with E-state index in [1.54, 1.807) is 0 Å². The molecule has 4 heteroatoms. The first-order valence-corrected chi connectivity index (χ1v) is 8.44. The van der Waals surface area contributed by atoms with Crippen LogP contribution in [-0.2, 0) is 11.2 Å². The van der Waals surface area contributed by atoms with Gasteiger partial charge in [-0.05, 0) is 55.8 Å². The lowest BCUT2D eigenvalue weighted by Gasteiger charge is -2.19. The Morgan fingerprint density at radius 3 is 2.77 bits per heavy atom. The summed E-state index contributed by atoms with van der Waals surface area (Å²) in [5, 5.41) is 3.15. The quantitative estimate of drug-likeness (QED) is 0.776. The molecule has 1 aromatic carbocycles. The van der Waals surface area contributed by atoms with Gasteiger partial charge in [0.1, 0.15) is 5.75 Å². The molecular weight excluding hydrogens is 276 g/mol. The molecule has 3 N–H and O–H groups in total. The number of hydrogen-bond acceptors (Lipinski definition) is 3. The minimum atomic E-state index is 0.136. The number of rotatable bonds is 8. The maximum atomic E-state index is 12.1. The third kappa shape index (κ3) is 5.02. The van der Waals surface area contributed by atoms with Crippen LogP contribution in [0.2, 0.25) is 0 Å². The summed E-state index contributed by atoms with van der Waals surface area (Å²) in [5.41, 5.74) is 6.92. The van der Waals surface area contributed by atoms with E-state index in [9.17, 15) is 4.79 Å². The smallest absolute Gasteiger partial charge is 0.220 e.